The van der Waals surface area contributed by atoms with Crippen LogP contribution in [0.25, 0.3) is 0 Å². The Morgan fingerprint density at radius 2 is 1.57 bits per heavy atom. The van der Waals surface area contributed by atoms with Gasteiger partial charge in [-0.2, -0.15) is 0 Å². The maximum absolute atomic E-state index is 12.1. The second-order valence-corrected chi connectivity index (χ2v) is 6.86. The Kier molecular flexibility index (Phi) is 7.04. The van der Waals surface area contributed by atoms with Gasteiger partial charge in [0.2, 0.25) is 0 Å². The standard InChI is InChI=1S/C15H19Br2F3O/c1-11(2)7-14(9-16,10-17)8-12-3-5-13(6-4-12)21-15(18,19)20/h3-6,11H,7-10H2,1-2H3. The van der Waals surface area contributed by atoms with E-state index in [0.29, 0.717) is 5.92 Å². The van der Waals surface area contributed by atoms with Gasteiger partial charge < -0.3 is 4.74 Å². The molecule has 21 heavy (non-hydrogen) atoms. The predicted octanol–water partition coefficient (Wildman–Crippen LogP) is 5.95. The molecule has 1 aromatic carbocycles. The van der Waals surface area contributed by atoms with Crippen molar-refractivity contribution >= 4 is 31.9 Å². The summed E-state index contributed by atoms with van der Waals surface area (Å²) in [4.78, 5) is 0. The van der Waals surface area contributed by atoms with Crippen molar-refractivity contribution in [1.82, 2.24) is 0 Å². The molecular weight excluding hydrogens is 413 g/mol. The molecule has 0 spiro atoms. The molecule has 1 nitrogen and oxygen atoms in total. The Balaban J connectivity index is 2.81. The van der Waals surface area contributed by atoms with E-state index in [4.69, 9.17) is 0 Å². The van der Waals surface area contributed by atoms with Gasteiger partial charge in [-0.15, -0.1) is 13.2 Å². The van der Waals surface area contributed by atoms with Gasteiger partial charge in [-0.25, -0.2) is 0 Å². The second-order valence-electron chi connectivity index (χ2n) is 5.73. The van der Waals surface area contributed by atoms with Crippen molar-refractivity contribution in [2.75, 3.05) is 10.7 Å². The summed E-state index contributed by atoms with van der Waals surface area (Å²) in [5, 5.41) is 1.68. The topological polar surface area (TPSA) is 9.23 Å². The Morgan fingerprint density at radius 1 is 1.05 bits per heavy atom. The monoisotopic (exact) mass is 430 g/mol. The van der Waals surface area contributed by atoms with E-state index in [1.54, 1.807) is 12.1 Å². The van der Waals surface area contributed by atoms with Crippen LogP contribution in [0.2, 0.25) is 0 Å². The molecular formula is C15H19Br2F3O. The van der Waals surface area contributed by atoms with Crippen LogP contribution < -0.4 is 4.74 Å². The molecule has 1 rings (SSSR count). The van der Waals surface area contributed by atoms with Crippen LogP contribution in [0.3, 0.4) is 0 Å². The molecule has 0 atom stereocenters. The number of rotatable bonds is 7. The van der Waals surface area contributed by atoms with Gasteiger partial charge in [-0.3, -0.25) is 0 Å². The van der Waals surface area contributed by atoms with Gasteiger partial charge in [0.15, 0.2) is 0 Å². The molecule has 0 saturated heterocycles. The van der Waals surface area contributed by atoms with Crippen LogP contribution in [-0.2, 0) is 6.42 Å². The van der Waals surface area contributed by atoms with Gasteiger partial charge in [0.05, 0.1) is 0 Å². The molecule has 0 radical (unpaired) electrons. The molecule has 0 aliphatic rings. The number of hydrogen-bond donors (Lipinski definition) is 0. The first-order valence-corrected chi connectivity index (χ1v) is 8.90. The lowest BCUT2D eigenvalue weighted by molar-refractivity contribution is -0.274. The molecule has 0 saturated carbocycles. The molecule has 0 unspecified atom stereocenters. The van der Waals surface area contributed by atoms with Crippen LogP contribution in [0.4, 0.5) is 13.2 Å². The lowest BCUT2D eigenvalue weighted by Gasteiger charge is -2.32. The van der Waals surface area contributed by atoms with E-state index < -0.39 is 6.36 Å². The van der Waals surface area contributed by atoms with Crippen molar-refractivity contribution in [2.24, 2.45) is 11.3 Å². The molecule has 0 aromatic heterocycles. The first-order chi connectivity index (χ1) is 9.69. The SMILES string of the molecule is CC(C)CC(CBr)(CBr)Cc1ccc(OC(F)(F)F)cc1. The Labute approximate surface area is 140 Å². The van der Waals surface area contributed by atoms with Crippen molar-refractivity contribution in [3.63, 3.8) is 0 Å². The van der Waals surface area contributed by atoms with E-state index >= 15 is 0 Å². The quantitative estimate of drug-likeness (QED) is 0.484. The fourth-order valence-electron chi connectivity index (χ4n) is 2.42. The number of ether oxygens (including phenoxy) is 1. The van der Waals surface area contributed by atoms with Gasteiger partial charge in [0.1, 0.15) is 5.75 Å². The highest BCUT2D eigenvalue weighted by molar-refractivity contribution is 9.09. The second kappa shape index (κ2) is 7.86. The van der Waals surface area contributed by atoms with Gasteiger partial charge in [0.25, 0.3) is 0 Å². The van der Waals surface area contributed by atoms with Crippen LogP contribution >= 0.6 is 31.9 Å². The highest BCUT2D eigenvalue weighted by atomic mass is 79.9. The largest absolute Gasteiger partial charge is 0.573 e. The predicted molar refractivity (Wildman–Crippen MR) is 86.3 cm³/mol. The van der Waals surface area contributed by atoms with Crippen LogP contribution in [0.15, 0.2) is 24.3 Å². The Morgan fingerprint density at radius 3 is 1.95 bits per heavy atom. The zero-order valence-corrected chi connectivity index (χ0v) is 15.2. The summed E-state index contributed by atoms with van der Waals surface area (Å²) in [6.07, 6.45) is -2.81. The summed E-state index contributed by atoms with van der Waals surface area (Å²) in [5.41, 5.74) is 1.06. The van der Waals surface area contributed by atoms with Gasteiger partial charge in [-0.05, 0) is 41.9 Å². The van der Waals surface area contributed by atoms with E-state index in [-0.39, 0.29) is 11.2 Å². The summed E-state index contributed by atoms with van der Waals surface area (Å²) in [6, 6.07) is 6.12. The molecule has 0 fully saturated rings. The summed E-state index contributed by atoms with van der Waals surface area (Å²) in [6.45, 7) is 4.33. The average molecular weight is 432 g/mol. The Hall–Kier alpha value is -0.230. The van der Waals surface area contributed by atoms with Crippen LogP contribution in [-0.4, -0.2) is 17.0 Å². The fourth-order valence-corrected chi connectivity index (χ4v) is 4.20. The minimum absolute atomic E-state index is 0.0561. The maximum atomic E-state index is 12.1. The molecule has 120 valence electrons. The number of halogens is 5. The van der Waals surface area contributed by atoms with E-state index in [1.807, 2.05) is 0 Å². The van der Waals surface area contributed by atoms with Gasteiger partial charge in [-0.1, -0.05) is 57.8 Å². The van der Waals surface area contributed by atoms with Gasteiger partial charge >= 0.3 is 6.36 Å². The molecule has 0 aliphatic heterocycles. The van der Waals surface area contributed by atoms with E-state index in [2.05, 4.69) is 50.4 Å². The molecule has 6 heteroatoms. The fraction of sp³-hybridized carbons (Fsp3) is 0.600. The maximum Gasteiger partial charge on any atom is 0.573 e. The lowest BCUT2D eigenvalue weighted by Crippen LogP contribution is -2.29. The zero-order chi connectivity index (χ0) is 16.1. The van der Waals surface area contributed by atoms with Gasteiger partial charge in [0, 0.05) is 10.7 Å². The molecule has 1 aromatic rings. The molecule has 0 aliphatic carbocycles. The molecule has 0 bridgehead atoms. The first kappa shape index (κ1) is 18.8. The zero-order valence-electron chi connectivity index (χ0n) is 12.0. The summed E-state index contributed by atoms with van der Waals surface area (Å²) < 4.78 is 40.3. The highest BCUT2D eigenvalue weighted by Gasteiger charge is 2.31. The lowest BCUT2D eigenvalue weighted by atomic mass is 9.79. The smallest absolute Gasteiger partial charge is 0.406 e. The van der Waals surface area contributed by atoms with Crippen LogP contribution in [0.5, 0.6) is 5.75 Å². The minimum atomic E-state index is -4.64. The van der Waals surface area contributed by atoms with E-state index in [0.717, 1.165) is 29.1 Å². The van der Waals surface area contributed by atoms with E-state index in [1.165, 1.54) is 12.1 Å². The summed E-state index contributed by atoms with van der Waals surface area (Å²) >= 11 is 7.14. The third-order valence-electron chi connectivity index (χ3n) is 3.14. The summed E-state index contributed by atoms with van der Waals surface area (Å²) in [7, 11) is 0. The number of benzene rings is 1. The number of hydrogen-bond acceptors (Lipinski definition) is 1. The third-order valence-corrected chi connectivity index (χ3v) is 5.52. The van der Waals surface area contributed by atoms with Crippen molar-refractivity contribution in [3.05, 3.63) is 29.8 Å². The Bertz CT molecular complexity index is 426. The molecule has 0 N–H and O–H groups in total. The van der Waals surface area contributed by atoms with Crippen molar-refractivity contribution < 1.29 is 17.9 Å². The molecule has 0 amide bonds. The van der Waals surface area contributed by atoms with Crippen molar-refractivity contribution in [1.29, 1.82) is 0 Å². The van der Waals surface area contributed by atoms with Crippen molar-refractivity contribution in [2.45, 2.75) is 33.1 Å². The summed E-state index contributed by atoms with van der Waals surface area (Å²) in [5.74, 6) is 0.367. The normalized spacial score (nSPS) is 12.8. The van der Waals surface area contributed by atoms with Crippen LogP contribution in [0.1, 0.15) is 25.8 Å². The third kappa shape index (κ3) is 6.59. The minimum Gasteiger partial charge on any atom is -0.406 e. The average Bonchev–Trinajstić information content (AvgIpc) is 2.38. The molecule has 0 heterocycles. The number of alkyl halides is 5. The van der Waals surface area contributed by atoms with Crippen LogP contribution in [0, 0.1) is 11.3 Å². The first-order valence-electron chi connectivity index (χ1n) is 6.66. The van der Waals surface area contributed by atoms with E-state index in [9.17, 15) is 13.2 Å². The highest BCUT2D eigenvalue weighted by Crippen LogP contribution is 2.35. The van der Waals surface area contributed by atoms with Crippen molar-refractivity contribution in [3.8, 4) is 5.75 Å².